The minimum absolute atomic E-state index is 0.0357. The molecule has 0 radical (unpaired) electrons. The number of ether oxygens (including phenoxy) is 1. The number of hydrogen-bond acceptors (Lipinski definition) is 10. The Hall–Kier alpha value is -6.47. The number of carbonyl (C=O) groups excluding carboxylic acids is 5. The number of benzene rings is 4. The summed E-state index contributed by atoms with van der Waals surface area (Å²) in [5.41, 5.74) is 15.1. The molecule has 16 heteroatoms. The highest BCUT2D eigenvalue weighted by Gasteiger charge is 2.36. The molecule has 4 aromatic carbocycles. The van der Waals surface area contributed by atoms with Crippen molar-refractivity contribution in [3.63, 3.8) is 0 Å². The number of nitriles is 1. The van der Waals surface area contributed by atoms with Crippen molar-refractivity contribution in [3.8, 4) is 39.8 Å². The molecule has 0 saturated carbocycles. The third-order valence-corrected chi connectivity index (χ3v) is 10.5. The lowest BCUT2D eigenvalue weighted by molar-refractivity contribution is -0.141. The first-order valence-electron chi connectivity index (χ1n) is 20.0. The molecule has 61 heavy (non-hydrogen) atoms. The van der Waals surface area contributed by atoms with Gasteiger partial charge in [-0.2, -0.15) is 5.26 Å². The van der Waals surface area contributed by atoms with Gasteiger partial charge < -0.3 is 47.5 Å². The van der Waals surface area contributed by atoms with Crippen molar-refractivity contribution >= 4 is 41.1 Å². The molecule has 15 nitrogen and oxygen atoms in total. The van der Waals surface area contributed by atoms with Crippen LogP contribution in [0.3, 0.4) is 0 Å². The average Bonchev–Trinajstić information content (AvgIpc) is 3.25. The molecule has 5 rings (SSSR count). The lowest BCUT2D eigenvalue weighted by Gasteiger charge is -2.32. The second-order valence-electron chi connectivity index (χ2n) is 14.8. The van der Waals surface area contributed by atoms with Crippen LogP contribution >= 0.6 is 11.6 Å². The van der Waals surface area contributed by atoms with Crippen molar-refractivity contribution in [3.05, 3.63) is 107 Å². The molecular formula is C45H51ClN8O7. The number of rotatable bonds is 14. The van der Waals surface area contributed by atoms with Gasteiger partial charge in [-0.1, -0.05) is 48.0 Å². The molecule has 0 spiro atoms. The second kappa shape index (κ2) is 21.2. The molecule has 320 valence electrons. The molecule has 4 aromatic rings. The highest BCUT2D eigenvalue weighted by Crippen LogP contribution is 2.39. The standard InChI is InChI=1S/C45H51ClN8O7/c1-26(25-49)50-43(58)37-23-28-7-17-38(55)34(22-28)35-24-32(14-18-39(35)61-21-20-48)40(44(59)51-27(2)41(56)53-37)54(3)45(60)36(6-4-5-19-47)52-42(57)31-10-8-29(9-11-31)30-12-15-33(46)16-13-30/h7-18,22,24,26-27,36-37,40,55H,4-6,19-21,23,47-48H2,1-3H3,(H,50,58)(H,51,59)(H,52,57)(H,53,56)/t26-,27-,36-,37-,40-/m0/s1. The number of hydrogen-bond donors (Lipinski definition) is 7. The lowest BCUT2D eigenvalue weighted by Crippen LogP contribution is -2.56. The summed E-state index contributed by atoms with van der Waals surface area (Å²) in [5.74, 6) is -3.04. The van der Waals surface area contributed by atoms with Crippen molar-refractivity contribution in [1.29, 1.82) is 5.26 Å². The van der Waals surface area contributed by atoms with E-state index in [1.54, 1.807) is 66.7 Å². The predicted molar refractivity (Wildman–Crippen MR) is 231 cm³/mol. The number of unbranched alkanes of at least 4 members (excludes halogenated alkanes) is 1. The number of aromatic hydroxyl groups is 1. The maximum Gasteiger partial charge on any atom is 0.251 e. The van der Waals surface area contributed by atoms with Crippen LogP contribution in [-0.2, 0) is 25.6 Å². The summed E-state index contributed by atoms with van der Waals surface area (Å²) in [6.07, 6.45) is 1.22. The van der Waals surface area contributed by atoms with Crippen LogP contribution in [0.5, 0.6) is 11.5 Å². The Morgan fingerprint density at radius 3 is 2.26 bits per heavy atom. The number of fused-ring (bicyclic) bond motifs is 5. The van der Waals surface area contributed by atoms with Gasteiger partial charge in [0.05, 0.1) is 6.07 Å². The number of amides is 5. The van der Waals surface area contributed by atoms with E-state index in [0.29, 0.717) is 52.4 Å². The number of carbonyl (C=O) groups is 5. The first-order valence-corrected chi connectivity index (χ1v) is 20.4. The van der Waals surface area contributed by atoms with Crippen molar-refractivity contribution in [1.82, 2.24) is 26.2 Å². The Bertz CT molecular complexity index is 2260. The van der Waals surface area contributed by atoms with Crippen molar-refractivity contribution in [2.24, 2.45) is 11.5 Å². The lowest BCUT2D eigenvalue weighted by atomic mass is 9.93. The summed E-state index contributed by atoms with van der Waals surface area (Å²) in [7, 11) is 1.43. The minimum Gasteiger partial charge on any atom is -0.507 e. The summed E-state index contributed by atoms with van der Waals surface area (Å²) in [5, 5.41) is 32.0. The van der Waals surface area contributed by atoms with Crippen LogP contribution in [0.2, 0.25) is 5.02 Å². The van der Waals surface area contributed by atoms with E-state index >= 15 is 0 Å². The number of nitrogens with one attached hydrogen (secondary N) is 4. The molecule has 1 heterocycles. The van der Waals surface area contributed by atoms with E-state index in [0.717, 1.165) is 11.1 Å². The van der Waals surface area contributed by atoms with Gasteiger partial charge in [-0.25, -0.2) is 0 Å². The number of phenolic OH excluding ortho intramolecular Hbond substituents is 1. The third-order valence-electron chi connectivity index (χ3n) is 10.3. The predicted octanol–water partition coefficient (Wildman–Crippen LogP) is 3.72. The van der Waals surface area contributed by atoms with Gasteiger partial charge in [0.1, 0.15) is 48.3 Å². The fraction of sp³-hybridized carbons (Fsp3) is 0.333. The normalized spacial score (nSPS) is 17.3. The Labute approximate surface area is 359 Å². The Kier molecular flexibility index (Phi) is 15.8. The van der Waals surface area contributed by atoms with E-state index in [-0.39, 0.29) is 37.3 Å². The van der Waals surface area contributed by atoms with Gasteiger partial charge in [-0.05, 0) is 110 Å². The minimum atomic E-state index is -1.39. The van der Waals surface area contributed by atoms with Crippen molar-refractivity contribution in [2.45, 2.75) is 69.7 Å². The first-order chi connectivity index (χ1) is 29.2. The molecule has 9 N–H and O–H groups in total. The highest BCUT2D eigenvalue weighted by atomic mass is 35.5. The Morgan fingerprint density at radius 2 is 1.61 bits per heavy atom. The summed E-state index contributed by atoms with van der Waals surface area (Å²) in [6, 6.07) is 19.8. The molecule has 0 unspecified atom stereocenters. The molecule has 0 aromatic heterocycles. The maximum atomic E-state index is 14.6. The van der Waals surface area contributed by atoms with Crippen LogP contribution < -0.4 is 37.5 Å². The third kappa shape index (κ3) is 11.6. The van der Waals surface area contributed by atoms with Gasteiger partial charge in [0, 0.05) is 41.7 Å². The van der Waals surface area contributed by atoms with Crippen LogP contribution in [0.4, 0.5) is 0 Å². The fourth-order valence-electron chi connectivity index (χ4n) is 6.97. The molecule has 0 saturated heterocycles. The summed E-state index contributed by atoms with van der Waals surface area (Å²) < 4.78 is 5.99. The number of nitrogens with two attached hydrogens (primary N) is 2. The monoisotopic (exact) mass is 850 g/mol. The summed E-state index contributed by atoms with van der Waals surface area (Å²) >= 11 is 6.05. The molecular weight excluding hydrogens is 800 g/mol. The first kappa shape index (κ1) is 45.6. The van der Waals surface area contributed by atoms with Gasteiger partial charge in [-0.3, -0.25) is 24.0 Å². The number of phenols is 1. The van der Waals surface area contributed by atoms with Crippen molar-refractivity contribution < 1.29 is 33.8 Å². The van der Waals surface area contributed by atoms with E-state index in [2.05, 4.69) is 21.3 Å². The molecule has 4 bridgehead atoms. The van der Waals surface area contributed by atoms with Crippen LogP contribution in [0.25, 0.3) is 22.3 Å². The molecule has 0 aliphatic carbocycles. The molecule has 5 atom stereocenters. The Balaban J connectivity index is 1.54. The summed E-state index contributed by atoms with van der Waals surface area (Å²) in [6.45, 7) is 3.58. The smallest absolute Gasteiger partial charge is 0.251 e. The highest BCUT2D eigenvalue weighted by molar-refractivity contribution is 6.30. The van der Waals surface area contributed by atoms with Crippen molar-refractivity contribution in [2.75, 3.05) is 26.7 Å². The zero-order valence-electron chi connectivity index (χ0n) is 34.2. The zero-order chi connectivity index (χ0) is 44.2. The van der Waals surface area contributed by atoms with Gasteiger partial charge in [0.25, 0.3) is 5.91 Å². The van der Waals surface area contributed by atoms with E-state index < -0.39 is 59.7 Å². The Morgan fingerprint density at radius 1 is 0.918 bits per heavy atom. The molecule has 1 aliphatic rings. The molecule has 5 amide bonds. The largest absolute Gasteiger partial charge is 0.507 e. The van der Waals surface area contributed by atoms with E-state index in [4.69, 9.17) is 27.8 Å². The number of nitrogens with zero attached hydrogens (tertiary/aromatic N) is 2. The van der Waals surface area contributed by atoms with Gasteiger partial charge in [-0.15, -0.1) is 0 Å². The summed E-state index contributed by atoms with van der Waals surface area (Å²) in [4.78, 5) is 71.1. The van der Waals surface area contributed by atoms with Crippen LogP contribution in [0.1, 0.15) is 60.6 Å². The van der Waals surface area contributed by atoms with Gasteiger partial charge in [0.2, 0.25) is 23.6 Å². The van der Waals surface area contributed by atoms with Crippen LogP contribution in [0, 0.1) is 11.3 Å². The number of halogens is 1. The molecule has 1 aliphatic heterocycles. The SMILES string of the molecule is C[C@@H]1NC(=O)[C@@H](N(C)C(=O)[C@H](CCCCN)NC(=O)c2ccc(-c3ccc(Cl)cc3)cc2)c2ccc(OCCN)c(c2)-c2cc(ccc2O)C[C@@H](C(=O)N[C@@H](C)C#N)NC1=O. The second-order valence-corrected chi connectivity index (χ2v) is 15.3. The average molecular weight is 851 g/mol. The van der Waals surface area contributed by atoms with E-state index in [9.17, 15) is 34.3 Å². The van der Waals surface area contributed by atoms with E-state index in [1.165, 1.54) is 31.9 Å². The van der Waals surface area contributed by atoms with E-state index in [1.807, 2.05) is 18.2 Å². The zero-order valence-corrected chi connectivity index (χ0v) is 35.0. The van der Waals surface area contributed by atoms with Crippen LogP contribution in [-0.4, -0.2) is 90.5 Å². The topological polar surface area (TPSA) is 242 Å². The fourth-order valence-corrected chi connectivity index (χ4v) is 7.09. The van der Waals surface area contributed by atoms with Gasteiger partial charge in [0.15, 0.2) is 0 Å². The number of likely N-dealkylation sites (N-methyl/N-ethyl adjacent to an activating group) is 1. The van der Waals surface area contributed by atoms with Gasteiger partial charge >= 0.3 is 0 Å². The van der Waals surface area contributed by atoms with Crippen LogP contribution in [0.15, 0.2) is 84.9 Å². The quantitative estimate of drug-likeness (QED) is 0.0908. The maximum absolute atomic E-state index is 14.6. The molecule has 0 fully saturated rings.